The van der Waals surface area contributed by atoms with E-state index in [9.17, 15) is 9.59 Å². The van der Waals surface area contributed by atoms with Gasteiger partial charge in [0.05, 0.1) is 56.8 Å². The molecule has 64 heavy (non-hydrogen) atoms. The van der Waals surface area contributed by atoms with Crippen molar-refractivity contribution in [2.45, 2.75) is 89.7 Å². The number of amides is 1. The summed E-state index contributed by atoms with van der Waals surface area (Å²) in [6.07, 6.45) is 9.86. The van der Waals surface area contributed by atoms with E-state index in [2.05, 4.69) is 41.2 Å². The molecule has 1 aliphatic carbocycles. The number of hydrogen-bond acceptors (Lipinski definition) is 8. The van der Waals surface area contributed by atoms with Gasteiger partial charge in [-0.3, -0.25) is 28.1 Å². The smallest absolute Gasteiger partial charge is 0.376 e. The number of aromatic nitrogens is 9. The van der Waals surface area contributed by atoms with Gasteiger partial charge >= 0.3 is 11.4 Å². The number of carbonyl (C=O) groups is 1. The number of hydrogen-bond donors (Lipinski definition) is 1. The minimum atomic E-state index is -0.769. The number of halogens is 2. The van der Waals surface area contributed by atoms with E-state index >= 15 is 13.6 Å². The standard InChI is InChI=1S/C47H46F2N10O5/c1-25-19-31(20-26(2)38(25)48)59-41(58-17-16-57(45(58)62)36-8-7-35-33(39(36)49)24-50-54(35)6)37-27(3)55(15-10-34(37)52-59)42(60)32-22-30-21-28(29-11-18-63-46(4,5)23-29)9-14-56(30)40(32)47(12-13-47)43-51-44(61)64-53-43/h7-9,14,16-17,19-22,24,27,29H,10-13,15,18,23H2,1-6H3,(H,51,53,61)/t27-,29+/m0/s1. The Bertz CT molecular complexity index is 3330. The Hall–Kier alpha value is -6.88. The largest absolute Gasteiger partial charge is 0.438 e. The van der Waals surface area contributed by atoms with Gasteiger partial charge in [-0.1, -0.05) is 5.16 Å². The Morgan fingerprint density at radius 3 is 2.45 bits per heavy atom. The molecule has 0 spiro atoms. The van der Waals surface area contributed by atoms with Gasteiger partial charge < -0.3 is 14.0 Å². The molecular weight excluding hydrogens is 823 g/mol. The minimum absolute atomic E-state index is 0.0435. The SMILES string of the molecule is Cc1cc(-n2nc3c(c2-n2ccn(-c4ccc5c(cnn5C)c4F)c2=O)[C@H](C)N(C(=O)c2cc4cc([C@@H]5CCOC(C)(C)C5)ccn4c2C2(c4noc(=O)[nH]4)CC2)CC3)cc(C)c1F. The van der Waals surface area contributed by atoms with E-state index in [4.69, 9.17) is 14.4 Å². The number of ether oxygens (including phenoxy) is 1. The van der Waals surface area contributed by atoms with Gasteiger partial charge in [-0.05, 0) is 125 Å². The second-order valence-electron chi connectivity index (χ2n) is 18.3. The maximum absolute atomic E-state index is 16.1. The van der Waals surface area contributed by atoms with Crippen molar-refractivity contribution in [1.29, 1.82) is 0 Å². The molecule has 328 valence electrons. The highest BCUT2D eigenvalue weighted by Crippen LogP contribution is 2.54. The molecule has 2 fully saturated rings. The van der Waals surface area contributed by atoms with Crippen LogP contribution in [0.1, 0.15) is 108 Å². The molecule has 17 heteroatoms. The molecule has 1 N–H and O–H groups in total. The first-order valence-electron chi connectivity index (χ1n) is 21.6. The third kappa shape index (κ3) is 5.99. The number of nitrogens with zero attached hydrogens (tertiary/aromatic N) is 9. The van der Waals surface area contributed by atoms with Crippen LogP contribution in [0.2, 0.25) is 0 Å². The summed E-state index contributed by atoms with van der Waals surface area (Å²) in [6.45, 7) is 10.4. The second-order valence-corrected chi connectivity index (χ2v) is 18.3. The third-order valence-corrected chi connectivity index (χ3v) is 13.8. The highest BCUT2D eigenvalue weighted by atomic mass is 19.1. The van der Waals surface area contributed by atoms with E-state index in [0.717, 1.165) is 23.9 Å². The number of benzene rings is 2. The molecule has 0 radical (unpaired) electrons. The lowest BCUT2D eigenvalue weighted by molar-refractivity contribution is -0.0593. The van der Waals surface area contributed by atoms with Crippen molar-refractivity contribution >= 4 is 22.3 Å². The molecule has 0 bridgehead atoms. The molecule has 8 heterocycles. The maximum Gasteiger partial charge on any atom is 0.438 e. The van der Waals surface area contributed by atoms with Crippen molar-refractivity contribution in [1.82, 2.24) is 48.1 Å². The van der Waals surface area contributed by atoms with Crippen molar-refractivity contribution in [3.05, 3.63) is 145 Å². The van der Waals surface area contributed by atoms with Gasteiger partial charge in [0.15, 0.2) is 11.6 Å². The van der Waals surface area contributed by atoms with Crippen LogP contribution in [-0.4, -0.2) is 72.8 Å². The number of pyridine rings is 1. The summed E-state index contributed by atoms with van der Waals surface area (Å²) >= 11 is 0. The third-order valence-electron chi connectivity index (χ3n) is 13.8. The summed E-state index contributed by atoms with van der Waals surface area (Å²) in [5, 5.41) is 13.6. The molecule has 2 aromatic carbocycles. The predicted molar refractivity (Wildman–Crippen MR) is 232 cm³/mol. The number of aromatic amines is 1. The van der Waals surface area contributed by atoms with Crippen LogP contribution in [-0.2, 0) is 23.6 Å². The molecule has 6 aromatic heterocycles. The van der Waals surface area contributed by atoms with Crippen LogP contribution in [0.3, 0.4) is 0 Å². The Balaban J connectivity index is 1.05. The molecule has 15 nitrogen and oxygen atoms in total. The fourth-order valence-electron chi connectivity index (χ4n) is 10.4. The molecule has 8 aromatic rings. The fraction of sp³-hybridized carbons (Fsp3) is 0.362. The van der Waals surface area contributed by atoms with Gasteiger partial charge in [-0.2, -0.15) is 10.2 Å². The van der Waals surface area contributed by atoms with E-state index in [1.54, 1.807) is 65.6 Å². The number of aryl methyl sites for hydroxylation is 3. The Morgan fingerprint density at radius 2 is 1.73 bits per heavy atom. The number of fused-ring (bicyclic) bond motifs is 3. The zero-order chi connectivity index (χ0) is 44.6. The molecule has 1 amide bonds. The van der Waals surface area contributed by atoms with E-state index in [1.807, 2.05) is 23.6 Å². The summed E-state index contributed by atoms with van der Waals surface area (Å²) in [6, 6.07) is 12.2. The quantitative estimate of drug-likeness (QED) is 0.179. The molecular formula is C47H46F2N10O5. The molecule has 11 rings (SSSR count). The average molecular weight is 869 g/mol. The topological polar surface area (TPSA) is 155 Å². The first-order valence-corrected chi connectivity index (χ1v) is 21.6. The Kier molecular flexibility index (Phi) is 8.77. The van der Waals surface area contributed by atoms with Crippen molar-refractivity contribution in [2.24, 2.45) is 7.05 Å². The number of rotatable bonds is 7. The predicted octanol–water partition coefficient (Wildman–Crippen LogP) is 7.04. The summed E-state index contributed by atoms with van der Waals surface area (Å²) in [5.74, 6) is -0.874. The molecule has 1 saturated heterocycles. The van der Waals surface area contributed by atoms with Gasteiger partial charge in [-0.15, -0.1) is 0 Å². The van der Waals surface area contributed by atoms with Crippen molar-refractivity contribution in [3.63, 3.8) is 0 Å². The van der Waals surface area contributed by atoms with Gasteiger partial charge in [0, 0.05) is 62.0 Å². The highest BCUT2D eigenvalue weighted by molar-refractivity contribution is 5.98. The van der Waals surface area contributed by atoms with Crippen LogP contribution in [0.15, 0.2) is 81.4 Å². The van der Waals surface area contributed by atoms with E-state index in [0.29, 0.717) is 88.9 Å². The van der Waals surface area contributed by atoms with Crippen LogP contribution >= 0.6 is 0 Å². The van der Waals surface area contributed by atoms with Gasteiger partial charge in [0.25, 0.3) is 5.91 Å². The van der Waals surface area contributed by atoms with E-state index < -0.39 is 28.7 Å². The van der Waals surface area contributed by atoms with Crippen molar-refractivity contribution in [2.75, 3.05) is 13.2 Å². The molecule has 2 aliphatic heterocycles. The van der Waals surface area contributed by atoms with Crippen LogP contribution in [0.4, 0.5) is 8.78 Å². The Morgan fingerprint density at radius 1 is 0.969 bits per heavy atom. The van der Waals surface area contributed by atoms with Crippen LogP contribution in [0, 0.1) is 25.5 Å². The summed E-state index contributed by atoms with van der Waals surface area (Å²) < 4.78 is 50.1. The fourth-order valence-corrected chi connectivity index (χ4v) is 10.4. The second kappa shape index (κ2) is 14.1. The van der Waals surface area contributed by atoms with Crippen LogP contribution < -0.4 is 11.4 Å². The van der Waals surface area contributed by atoms with Crippen molar-refractivity contribution in [3.8, 4) is 17.2 Å². The van der Waals surface area contributed by atoms with Crippen LogP contribution in [0.5, 0.6) is 0 Å². The lowest BCUT2D eigenvalue weighted by Crippen LogP contribution is -2.40. The van der Waals surface area contributed by atoms with E-state index in [-0.39, 0.29) is 34.3 Å². The number of imidazole rings is 1. The molecule has 0 unspecified atom stereocenters. The summed E-state index contributed by atoms with van der Waals surface area (Å²) in [7, 11) is 1.72. The number of H-pyrrole nitrogens is 1. The first-order chi connectivity index (χ1) is 30.6. The average Bonchev–Trinajstić information content (AvgIpc) is 3.72. The number of carbonyl (C=O) groups excluding carboxylic acids is 1. The lowest BCUT2D eigenvalue weighted by Gasteiger charge is -2.35. The van der Waals surface area contributed by atoms with Gasteiger partial charge in [-0.25, -0.2) is 23.1 Å². The normalized spacial score (nSPS) is 19.2. The van der Waals surface area contributed by atoms with E-state index in [1.165, 1.54) is 21.5 Å². The lowest BCUT2D eigenvalue weighted by atomic mass is 9.84. The van der Waals surface area contributed by atoms with Gasteiger partial charge in [0.1, 0.15) is 11.6 Å². The monoisotopic (exact) mass is 868 g/mol. The highest BCUT2D eigenvalue weighted by Gasteiger charge is 2.54. The Labute approximate surface area is 364 Å². The number of nitrogens with one attached hydrogen (secondary N) is 1. The minimum Gasteiger partial charge on any atom is -0.376 e. The summed E-state index contributed by atoms with van der Waals surface area (Å²) in [5.41, 5.74) is 4.79. The molecule has 2 atom stereocenters. The van der Waals surface area contributed by atoms with Crippen molar-refractivity contribution < 1.29 is 22.8 Å². The molecule has 3 aliphatic rings. The maximum atomic E-state index is 16.1. The zero-order valence-electron chi connectivity index (χ0n) is 36.3. The summed E-state index contributed by atoms with van der Waals surface area (Å²) in [4.78, 5) is 47.0. The first kappa shape index (κ1) is 39.9. The zero-order valence-corrected chi connectivity index (χ0v) is 36.3. The van der Waals surface area contributed by atoms with Crippen LogP contribution in [0.25, 0.3) is 33.6 Å². The molecule has 1 saturated carbocycles. The van der Waals surface area contributed by atoms with Gasteiger partial charge in [0.2, 0.25) is 0 Å².